The van der Waals surface area contributed by atoms with Crippen LogP contribution < -0.4 is 10.2 Å². The summed E-state index contributed by atoms with van der Waals surface area (Å²) in [7, 11) is 0. The van der Waals surface area contributed by atoms with Crippen LogP contribution in [0.2, 0.25) is 5.02 Å². The predicted octanol–water partition coefficient (Wildman–Crippen LogP) is 5.59. The molecule has 12 heteroatoms. The maximum Gasteiger partial charge on any atom is 0.416 e. The first kappa shape index (κ1) is 29.1. The standard InChI is InChI=1S/C25H28ClF6N3O2/c1-3-19-14-34(23(37)20-6-4-18(11-21(20)26)25(30,31)32)8-9-35(19)22-7-5-17(24(27,28)29)10-16(22)13-33-12-15(2)36/h4-7,10-11,15,19,33,36H,3,8-9,12-14H2,1-2H3/t15-,19+/m0/s1. The number of nitrogens with one attached hydrogen (secondary N) is 1. The molecule has 37 heavy (non-hydrogen) atoms. The molecule has 2 aromatic carbocycles. The summed E-state index contributed by atoms with van der Waals surface area (Å²) < 4.78 is 79.0. The molecule has 2 atom stereocenters. The highest BCUT2D eigenvalue weighted by Crippen LogP contribution is 2.35. The summed E-state index contributed by atoms with van der Waals surface area (Å²) in [6.45, 7) is 4.46. The number of hydrogen-bond donors (Lipinski definition) is 2. The Balaban J connectivity index is 1.84. The molecule has 1 fully saturated rings. The smallest absolute Gasteiger partial charge is 0.392 e. The summed E-state index contributed by atoms with van der Waals surface area (Å²) in [6, 6.07) is 5.84. The number of carbonyl (C=O) groups is 1. The highest BCUT2D eigenvalue weighted by molar-refractivity contribution is 6.33. The van der Waals surface area contributed by atoms with E-state index in [0.717, 1.165) is 30.3 Å². The van der Waals surface area contributed by atoms with E-state index in [-0.39, 0.29) is 42.8 Å². The average Bonchev–Trinajstić information content (AvgIpc) is 2.81. The molecule has 0 aromatic heterocycles. The van der Waals surface area contributed by atoms with Gasteiger partial charge in [-0.05, 0) is 55.3 Å². The molecule has 0 aliphatic carbocycles. The molecule has 0 saturated carbocycles. The number of amides is 1. The number of alkyl halides is 6. The van der Waals surface area contributed by atoms with Gasteiger partial charge in [0.15, 0.2) is 0 Å². The van der Waals surface area contributed by atoms with Crippen LogP contribution in [0.5, 0.6) is 0 Å². The minimum absolute atomic E-state index is 0.0458. The maximum atomic E-state index is 13.4. The average molecular weight is 552 g/mol. The van der Waals surface area contributed by atoms with Crippen LogP contribution in [0, 0.1) is 0 Å². The van der Waals surface area contributed by atoms with Crippen molar-refractivity contribution in [3.8, 4) is 0 Å². The molecule has 1 heterocycles. The van der Waals surface area contributed by atoms with Crippen molar-refractivity contribution in [3.05, 3.63) is 63.7 Å². The monoisotopic (exact) mass is 551 g/mol. The normalized spacial score (nSPS) is 17.7. The van der Waals surface area contributed by atoms with Crippen molar-refractivity contribution in [2.45, 2.75) is 51.3 Å². The first-order valence-electron chi connectivity index (χ1n) is 11.7. The van der Waals surface area contributed by atoms with Gasteiger partial charge in [0.1, 0.15) is 0 Å². The molecule has 2 N–H and O–H groups in total. The van der Waals surface area contributed by atoms with Gasteiger partial charge in [-0.15, -0.1) is 0 Å². The second kappa shape index (κ2) is 11.5. The largest absolute Gasteiger partial charge is 0.416 e. The third-order valence-corrected chi connectivity index (χ3v) is 6.55. The van der Waals surface area contributed by atoms with Crippen LogP contribution in [0.25, 0.3) is 0 Å². The van der Waals surface area contributed by atoms with E-state index in [1.807, 2.05) is 11.8 Å². The SMILES string of the molecule is CC[C@@H]1CN(C(=O)c2ccc(C(F)(F)F)cc2Cl)CCN1c1ccc(C(F)(F)F)cc1CNC[C@H](C)O. The fraction of sp³-hybridized carbons (Fsp3) is 0.480. The van der Waals surface area contributed by atoms with Crippen LogP contribution in [0.15, 0.2) is 36.4 Å². The van der Waals surface area contributed by atoms with Crippen LogP contribution in [-0.4, -0.2) is 54.2 Å². The minimum Gasteiger partial charge on any atom is -0.392 e. The number of hydrogen-bond acceptors (Lipinski definition) is 4. The van der Waals surface area contributed by atoms with Crippen LogP contribution in [0.1, 0.15) is 47.3 Å². The first-order chi connectivity index (χ1) is 17.2. The van der Waals surface area contributed by atoms with Gasteiger partial charge in [-0.3, -0.25) is 4.79 Å². The van der Waals surface area contributed by atoms with E-state index in [1.54, 1.807) is 6.92 Å². The van der Waals surface area contributed by atoms with E-state index in [4.69, 9.17) is 11.6 Å². The molecule has 1 saturated heterocycles. The Bertz CT molecular complexity index is 1110. The molecule has 1 amide bonds. The van der Waals surface area contributed by atoms with Gasteiger partial charge in [0.05, 0.1) is 27.8 Å². The Morgan fingerprint density at radius 2 is 1.70 bits per heavy atom. The number of piperazine rings is 1. The molecule has 204 valence electrons. The summed E-state index contributed by atoms with van der Waals surface area (Å²) in [4.78, 5) is 16.5. The van der Waals surface area contributed by atoms with E-state index in [1.165, 1.54) is 11.0 Å². The molecule has 1 aliphatic heterocycles. The Morgan fingerprint density at radius 1 is 1.08 bits per heavy atom. The second-order valence-electron chi connectivity index (χ2n) is 9.02. The highest BCUT2D eigenvalue weighted by atomic mass is 35.5. The van der Waals surface area contributed by atoms with Gasteiger partial charge in [-0.1, -0.05) is 18.5 Å². The van der Waals surface area contributed by atoms with Crippen LogP contribution >= 0.6 is 11.6 Å². The number of aliphatic hydroxyl groups excluding tert-OH is 1. The summed E-state index contributed by atoms with van der Waals surface area (Å²) in [5.74, 6) is -0.511. The molecule has 0 unspecified atom stereocenters. The van der Waals surface area contributed by atoms with E-state index in [0.29, 0.717) is 24.2 Å². The zero-order valence-electron chi connectivity index (χ0n) is 20.3. The van der Waals surface area contributed by atoms with Gasteiger partial charge in [0.2, 0.25) is 0 Å². The molecule has 3 rings (SSSR count). The Hall–Kier alpha value is -2.50. The van der Waals surface area contributed by atoms with Gasteiger partial charge in [0, 0.05) is 44.5 Å². The van der Waals surface area contributed by atoms with Gasteiger partial charge >= 0.3 is 12.4 Å². The van der Waals surface area contributed by atoms with Crippen LogP contribution in [0.4, 0.5) is 32.0 Å². The van der Waals surface area contributed by atoms with Crippen molar-refractivity contribution in [3.63, 3.8) is 0 Å². The number of benzene rings is 2. The quantitative estimate of drug-likeness (QED) is 0.441. The molecule has 2 aromatic rings. The molecular formula is C25H28ClF6N3O2. The third-order valence-electron chi connectivity index (χ3n) is 6.24. The summed E-state index contributed by atoms with van der Waals surface area (Å²) in [5, 5.41) is 12.2. The minimum atomic E-state index is -4.59. The van der Waals surface area contributed by atoms with Gasteiger partial charge in [-0.2, -0.15) is 26.3 Å². The first-order valence-corrected chi connectivity index (χ1v) is 12.1. The van der Waals surface area contributed by atoms with Gasteiger partial charge < -0.3 is 20.2 Å². The zero-order chi connectivity index (χ0) is 27.5. The molecule has 0 radical (unpaired) electrons. The van der Waals surface area contributed by atoms with Gasteiger partial charge in [-0.25, -0.2) is 0 Å². The number of nitrogens with zero attached hydrogens (tertiary/aromatic N) is 2. The van der Waals surface area contributed by atoms with Crippen molar-refractivity contribution in [1.82, 2.24) is 10.2 Å². The van der Waals surface area contributed by atoms with Crippen LogP contribution in [0.3, 0.4) is 0 Å². The fourth-order valence-electron chi connectivity index (χ4n) is 4.34. The maximum absolute atomic E-state index is 13.4. The lowest BCUT2D eigenvalue weighted by molar-refractivity contribution is -0.138. The summed E-state index contributed by atoms with van der Waals surface area (Å²) in [5.41, 5.74) is -0.805. The molecule has 5 nitrogen and oxygen atoms in total. The molecule has 0 spiro atoms. The number of halogens is 7. The third kappa shape index (κ3) is 7.08. The van der Waals surface area contributed by atoms with E-state index < -0.39 is 35.5 Å². The lowest BCUT2D eigenvalue weighted by atomic mass is 10.0. The fourth-order valence-corrected chi connectivity index (χ4v) is 4.60. The lowest BCUT2D eigenvalue weighted by Gasteiger charge is -2.43. The number of rotatable bonds is 7. The Kier molecular flexibility index (Phi) is 9.02. The van der Waals surface area contributed by atoms with Crippen molar-refractivity contribution >= 4 is 23.2 Å². The predicted molar refractivity (Wildman–Crippen MR) is 129 cm³/mol. The summed E-state index contributed by atoms with van der Waals surface area (Å²) >= 11 is 6.01. The number of anilines is 1. The van der Waals surface area contributed by atoms with Gasteiger partial charge in [0.25, 0.3) is 5.91 Å². The van der Waals surface area contributed by atoms with E-state index in [2.05, 4.69) is 5.32 Å². The van der Waals surface area contributed by atoms with Crippen LogP contribution in [-0.2, 0) is 18.9 Å². The van der Waals surface area contributed by atoms with E-state index >= 15 is 0 Å². The Labute approximate surface area is 216 Å². The summed E-state index contributed by atoms with van der Waals surface area (Å²) in [6.07, 6.45) is -9.22. The molecule has 0 bridgehead atoms. The van der Waals surface area contributed by atoms with E-state index in [9.17, 15) is 36.2 Å². The highest BCUT2D eigenvalue weighted by Gasteiger charge is 2.35. The molecular weight excluding hydrogens is 524 g/mol. The lowest BCUT2D eigenvalue weighted by Crippen LogP contribution is -2.55. The van der Waals surface area contributed by atoms with Crippen molar-refractivity contribution in [1.29, 1.82) is 0 Å². The van der Waals surface area contributed by atoms with Crippen molar-refractivity contribution < 1.29 is 36.2 Å². The topological polar surface area (TPSA) is 55.8 Å². The second-order valence-corrected chi connectivity index (χ2v) is 9.43. The van der Waals surface area contributed by atoms with Crippen molar-refractivity contribution in [2.75, 3.05) is 31.1 Å². The zero-order valence-corrected chi connectivity index (χ0v) is 21.0. The Morgan fingerprint density at radius 3 is 2.27 bits per heavy atom. The molecule has 1 aliphatic rings. The number of carbonyl (C=O) groups excluding carboxylic acids is 1. The van der Waals surface area contributed by atoms with Crippen molar-refractivity contribution in [2.24, 2.45) is 0 Å². The number of aliphatic hydroxyl groups is 1.